The zero-order valence-corrected chi connectivity index (χ0v) is 15.3. The molecule has 0 spiro atoms. The minimum atomic E-state index is -0.434. The molecule has 0 atom stereocenters. The lowest BCUT2D eigenvalue weighted by atomic mass is 10.2. The Morgan fingerprint density at radius 3 is 1.74 bits per heavy atom. The average molecular weight is 373 g/mol. The van der Waals surface area contributed by atoms with Crippen molar-refractivity contribution >= 4 is 16.9 Å². The molecule has 0 bridgehead atoms. The van der Waals surface area contributed by atoms with Crippen molar-refractivity contribution in [1.82, 2.24) is 0 Å². The molecule has 0 N–H and O–H groups in total. The molecule has 0 aliphatic rings. The Labute approximate surface area is 160 Å². The number of hydrogen-bond donors (Lipinski definition) is 0. The molecule has 0 unspecified atom stereocenters. The van der Waals surface area contributed by atoms with Crippen LogP contribution >= 0.6 is 0 Å². The summed E-state index contributed by atoms with van der Waals surface area (Å²) in [5.41, 5.74) is 0.486. The van der Waals surface area contributed by atoms with Crippen LogP contribution in [0.15, 0.2) is 122 Å². The largest absolute Gasteiger partial charge is 0.434 e. The zero-order chi connectivity index (χ0) is 18.5. The van der Waals surface area contributed by atoms with Crippen LogP contribution in [0.4, 0.5) is 0 Å². The van der Waals surface area contributed by atoms with Gasteiger partial charge in [-0.25, -0.2) is 4.79 Å². The molecule has 4 heteroatoms. The Morgan fingerprint density at radius 2 is 1.22 bits per heavy atom. The van der Waals surface area contributed by atoms with Crippen molar-refractivity contribution in [2.45, 2.75) is 14.7 Å². The second kappa shape index (κ2) is 7.98. The fourth-order valence-corrected chi connectivity index (χ4v) is 4.80. The number of hydrogen-bond acceptors (Lipinski definition) is 3. The lowest BCUT2D eigenvalue weighted by Crippen LogP contribution is -2.09. The van der Waals surface area contributed by atoms with E-state index in [9.17, 15) is 4.79 Å². The highest BCUT2D eigenvalue weighted by atomic mass is 32.2. The zero-order valence-electron chi connectivity index (χ0n) is 14.4. The number of carbonyl (C=O) groups excluding carboxylic acids is 1. The number of ether oxygens (including phenoxy) is 1. The molecular weight excluding hydrogens is 356 g/mol. The molecule has 4 rings (SSSR count). The average Bonchev–Trinajstić information content (AvgIpc) is 3.23. The molecule has 3 aromatic carbocycles. The maximum Gasteiger partial charge on any atom is 0.345 e. The number of benzene rings is 3. The van der Waals surface area contributed by atoms with Gasteiger partial charge >= 0.3 is 5.97 Å². The summed E-state index contributed by atoms with van der Waals surface area (Å²) in [6, 6.07) is 31.6. The molecule has 0 aliphatic carbocycles. The fourth-order valence-electron chi connectivity index (χ4n) is 2.72. The number of carbonyl (C=O) groups is 1. The highest BCUT2D eigenvalue weighted by Gasteiger charge is 2.28. The van der Waals surface area contributed by atoms with E-state index in [1.807, 2.05) is 48.5 Å². The van der Waals surface area contributed by atoms with Gasteiger partial charge in [0.15, 0.2) is 14.7 Å². The maximum absolute atomic E-state index is 12.3. The van der Waals surface area contributed by atoms with Crippen LogP contribution in [0.3, 0.4) is 0 Å². The van der Waals surface area contributed by atoms with Crippen molar-refractivity contribution in [3.63, 3.8) is 0 Å². The summed E-state index contributed by atoms with van der Waals surface area (Å²) in [5.74, 6) is -0.242. The van der Waals surface area contributed by atoms with Gasteiger partial charge in [0.25, 0.3) is 5.95 Å². The molecule has 1 heterocycles. The minimum Gasteiger partial charge on any atom is -0.434 e. The van der Waals surface area contributed by atoms with Gasteiger partial charge in [0.1, 0.15) is 0 Å². The van der Waals surface area contributed by atoms with Gasteiger partial charge in [-0.15, -0.1) is 0 Å². The summed E-state index contributed by atoms with van der Waals surface area (Å²) in [7, 11) is -0.238. The lowest BCUT2D eigenvalue weighted by molar-refractivity contribution is 0.0694. The van der Waals surface area contributed by atoms with E-state index in [0.29, 0.717) is 5.56 Å². The van der Waals surface area contributed by atoms with E-state index >= 15 is 0 Å². The molecule has 0 fully saturated rings. The van der Waals surface area contributed by atoms with E-state index in [0.717, 1.165) is 4.90 Å². The van der Waals surface area contributed by atoms with Gasteiger partial charge in [0.2, 0.25) is 0 Å². The molecule has 0 saturated heterocycles. The van der Waals surface area contributed by atoms with Crippen LogP contribution in [0.1, 0.15) is 10.4 Å². The summed E-state index contributed by atoms with van der Waals surface area (Å²) < 4.78 is 10.3. The Morgan fingerprint density at radius 1 is 0.667 bits per heavy atom. The van der Waals surface area contributed by atoms with Gasteiger partial charge in [0.05, 0.1) is 22.7 Å². The van der Waals surface area contributed by atoms with Gasteiger partial charge in [-0.2, -0.15) is 0 Å². The van der Waals surface area contributed by atoms with Gasteiger partial charge < -0.3 is 9.15 Å². The molecule has 4 aromatic rings. The van der Waals surface area contributed by atoms with Crippen molar-refractivity contribution in [1.29, 1.82) is 0 Å². The van der Waals surface area contributed by atoms with Crippen LogP contribution in [0.2, 0.25) is 0 Å². The third-order valence-electron chi connectivity index (χ3n) is 3.97. The molecule has 1 aromatic heterocycles. The first kappa shape index (κ1) is 17.2. The van der Waals surface area contributed by atoms with Crippen LogP contribution in [0.25, 0.3) is 0 Å². The number of rotatable bonds is 5. The lowest BCUT2D eigenvalue weighted by Gasteiger charge is -2.08. The third-order valence-corrected chi connectivity index (χ3v) is 6.20. The van der Waals surface area contributed by atoms with E-state index in [4.69, 9.17) is 9.15 Å². The molecule has 0 saturated carbocycles. The molecule has 0 amide bonds. The number of esters is 1. The summed E-state index contributed by atoms with van der Waals surface area (Å²) in [5, 5.41) is 0. The predicted octanol–water partition coefficient (Wildman–Crippen LogP) is 5.59. The normalized spacial score (nSPS) is 10.7. The van der Waals surface area contributed by atoms with E-state index in [1.54, 1.807) is 24.3 Å². The van der Waals surface area contributed by atoms with E-state index in [-0.39, 0.29) is 16.8 Å². The van der Waals surface area contributed by atoms with Crippen molar-refractivity contribution < 1.29 is 13.9 Å². The summed E-state index contributed by atoms with van der Waals surface area (Å²) in [6.45, 7) is 0. The smallest absolute Gasteiger partial charge is 0.345 e. The second-order valence-corrected chi connectivity index (χ2v) is 7.80. The summed E-state index contributed by atoms with van der Waals surface area (Å²) in [6.07, 6.45) is 1.47. The second-order valence-electron chi connectivity index (χ2n) is 5.78. The first-order valence-electron chi connectivity index (χ1n) is 8.51. The number of furan rings is 1. The fraction of sp³-hybridized carbons (Fsp3) is 0. The molecule has 3 nitrogen and oxygen atoms in total. The minimum absolute atomic E-state index is 0.192. The highest BCUT2D eigenvalue weighted by molar-refractivity contribution is 7.97. The predicted molar refractivity (Wildman–Crippen MR) is 105 cm³/mol. The third kappa shape index (κ3) is 3.96. The SMILES string of the molecule is O=C(Oc1ccco1)c1ccc([S+](c2ccccc2)c2ccccc2)cc1. The molecular formula is C23H17O3S+. The first-order chi connectivity index (χ1) is 13.3. The van der Waals surface area contributed by atoms with Gasteiger partial charge in [-0.1, -0.05) is 36.4 Å². The van der Waals surface area contributed by atoms with E-state index < -0.39 is 5.97 Å². The van der Waals surface area contributed by atoms with Gasteiger partial charge in [-0.05, 0) is 54.6 Å². The van der Waals surface area contributed by atoms with Crippen molar-refractivity contribution in [3.05, 3.63) is 109 Å². The maximum atomic E-state index is 12.3. The highest BCUT2D eigenvalue weighted by Crippen LogP contribution is 2.31. The summed E-state index contributed by atoms with van der Waals surface area (Å²) in [4.78, 5) is 15.9. The van der Waals surface area contributed by atoms with E-state index in [2.05, 4.69) is 24.3 Å². The Hall–Kier alpha value is -3.24. The first-order valence-corrected chi connectivity index (χ1v) is 9.74. The van der Waals surface area contributed by atoms with Gasteiger partial charge in [0, 0.05) is 6.07 Å². The van der Waals surface area contributed by atoms with Crippen LogP contribution in [0.5, 0.6) is 5.95 Å². The molecule has 0 radical (unpaired) electrons. The standard InChI is InChI=1S/C23H17O3S/c24-23(26-22-12-7-17-25-22)18-13-15-21(16-14-18)27(19-8-3-1-4-9-19)20-10-5-2-6-11-20/h1-17H/q+1. The Bertz CT molecular complexity index is 955. The summed E-state index contributed by atoms with van der Waals surface area (Å²) >= 11 is 0. The Kier molecular flexibility index (Phi) is 5.08. The van der Waals surface area contributed by atoms with Gasteiger partial charge in [-0.3, -0.25) is 0 Å². The van der Waals surface area contributed by atoms with Crippen LogP contribution < -0.4 is 4.74 Å². The molecule has 27 heavy (non-hydrogen) atoms. The van der Waals surface area contributed by atoms with Crippen molar-refractivity contribution in [2.75, 3.05) is 0 Å². The van der Waals surface area contributed by atoms with Crippen LogP contribution in [-0.4, -0.2) is 5.97 Å². The topological polar surface area (TPSA) is 39.4 Å². The van der Waals surface area contributed by atoms with Crippen molar-refractivity contribution in [3.8, 4) is 5.95 Å². The molecule has 0 aliphatic heterocycles. The molecule has 132 valence electrons. The monoisotopic (exact) mass is 373 g/mol. The van der Waals surface area contributed by atoms with Crippen LogP contribution in [0, 0.1) is 0 Å². The van der Waals surface area contributed by atoms with Crippen LogP contribution in [-0.2, 0) is 10.9 Å². The Balaban J connectivity index is 1.64. The quantitative estimate of drug-likeness (QED) is 0.338. The van der Waals surface area contributed by atoms with E-state index in [1.165, 1.54) is 16.1 Å². The van der Waals surface area contributed by atoms with Crippen molar-refractivity contribution in [2.24, 2.45) is 0 Å².